The van der Waals surface area contributed by atoms with Crippen molar-refractivity contribution >= 4 is 0 Å². The molecule has 0 aromatic heterocycles. The number of benzene rings is 2. The third-order valence-electron chi connectivity index (χ3n) is 3.34. The Kier molecular flexibility index (Phi) is 5.87. The lowest BCUT2D eigenvalue weighted by atomic mass is 10.0. The Morgan fingerprint density at radius 3 is 2.62 bits per heavy atom. The Balaban J connectivity index is 2.04. The van der Waals surface area contributed by atoms with Crippen molar-refractivity contribution < 1.29 is 4.74 Å². The zero-order valence-corrected chi connectivity index (χ0v) is 12.6. The highest BCUT2D eigenvalue weighted by atomic mass is 16.5. The number of rotatable bonds is 6. The van der Waals surface area contributed by atoms with Crippen LogP contribution in [-0.4, -0.2) is 7.05 Å². The summed E-state index contributed by atoms with van der Waals surface area (Å²) in [6, 6.07) is 18.6. The summed E-state index contributed by atoms with van der Waals surface area (Å²) in [6.07, 6.45) is 0.801. The summed E-state index contributed by atoms with van der Waals surface area (Å²) in [7, 11) is 1.96. The highest BCUT2D eigenvalue weighted by Crippen LogP contribution is 2.22. The van der Waals surface area contributed by atoms with E-state index in [0.717, 1.165) is 12.2 Å². The van der Waals surface area contributed by atoms with Crippen molar-refractivity contribution in [2.45, 2.75) is 26.0 Å². The molecule has 108 valence electrons. The van der Waals surface area contributed by atoms with E-state index in [1.54, 1.807) is 0 Å². The van der Waals surface area contributed by atoms with Gasteiger partial charge in [-0.1, -0.05) is 42.5 Å². The molecule has 0 amide bonds. The predicted molar refractivity (Wildman–Crippen MR) is 87.1 cm³/mol. The lowest BCUT2D eigenvalue weighted by molar-refractivity contribution is 0.305. The molecule has 1 unspecified atom stereocenters. The number of nitrogens with one attached hydrogen (secondary N) is 1. The molecule has 2 nitrogen and oxygen atoms in total. The van der Waals surface area contributed by atoms with E-state index < -0.39 is 0 Å². The van der Waals surface area contributed by atoms with Crippen LogP contribution >= 0.6 is 0 Å². The molecule has 0 aliphatic rings. The molecule has 0 saturated heterocycles. The van der Waals surface area contributed by atoms with Gasteiger partial charge in [0.25, 0.3) is 0 Å². The molecule has 21 heavy (non-hydrogen) atoms. The molecule has 2 heteroatoms. The second-order valence-corrected chi connectivity index (χ2v) is 4.82. The maximum absolute atomic E-state index is 5.87. The third-order valence-corrected chi connectivity index (χ3v) is 3.34. The molecule has 0 aliphatic heterocycles. The highest BCUT2D eigenvalue weighted by molar-refractivity contribution is 5.31. The molecular weight excluding hydrogens is 258 g/mol. The van der Waals surface area contributed by atoms with Gasteiger partial charge in [-0.2, -0.15) is 0 Å². The van der Waals surface area contributed by atoms with Crippen LogP contribution in [0, 0.1) is 11.8 Å². The van der Waals surface area contributed by atoms with Crippen LogP contribution in [-0.2, 0) is 6.61 Å². The first-order valence-corrected chi connectivity index (χ1v) is 7.17. The Morgan fingerprint density at radius 2 is 1.90 bits per heavy atom. The van der Waals surface area contributed by atoms with Crippen molar-refractivity contribution in [3.8, 4) is 17.6 Å². The minimum atomic E-state index is 0.234. The second-order valence-electron chi connectivity index (χ2n) is 4.82. The van der Waals surface area contributed by atoms with Crippen molar-refractivity contribution in [1.82, 2.24) is 5.32 Å². The Hall–Kier alpha value is -2.24. The van der Waals surface area contributed by atoms with Gasteiger partial charge in [-0.15, -0.1) is 11.8 Å². The minimum Gasteiger partial charge on any atom is -0.489 e. The van der Waals surface area contributed by atoms with Crippen LogP contribution in [0.15, 0.2) is 54.6 Å². The lowest BCUT2D eigenvalue weighted by Crippen LogP contribution is -2.15. The van der Waals surface area contributed by atoms with E-state index >= 15 is 0 Å². The number of ether oxygens (including phenoxy) is 1. The van der Waals surface area contributed by atoms with Crippen LogP contribution in [0.3, 0.4) is 0 Å². The van der Waals surface area contributed by atoms with E-state index in [1.165, 1.54) is 11.1 Å². The van der Waals surface area contributed by atoms with Crippen molar-refractivity contribution in [3.63, 3.8) is 0 Å². The first-order valence-electron chi connectivity index (χ1n) is 7.17. The molecule has 0 heterocycles. The minimum absolute atomic E-state index is 0.234. The van der Waals surface area contributed by atoms with E-state index in [1.807, 2.05) is 44.3 Å². The van der Waals surface area contributed by atoms with Crippen molar-refractivity contribution in [2.75, 3.05) is 7.05 Å². The summed E-state index contributed by atoms with van der Waals surface area (Å²) in [4.78, 5) is 0. The van der Waals surface area contributed by atoms with E-state index in [0.29, 0.717) is 6.61 Å². The zero-order valence-electron chi connectivity index (χ0n) is 12.6. The molecule has 0 fully saturated rings. The summed E-state index contributed by atoms with van der Waals surface area (Å²) in [5.74, 6) is 6.95. The standard InChI is InChI=1S/C19H21NO/c1-3-4-13-19(20-2)17-11-8-12-18(14-17)21-15-16-9-6-5-7-10-16/h5-12,14,19-20H,13,15H2,1-2H3. The van der Waals surface area contributed by atoms with Crippen LogP contribution in [0.2, 0.25) is 0 Å². The Bertz CT molecular complexity index is 610. The van der Waals surface area contributed by atoms with Gasteiger partial charge in [-0.3, -0.25) is 0 Å². The van der Waals surface area contributed by atoms with Crippen LogP contribution < -0.4 is 10.1 Å². The smallest absolute Gasteiger partial charge is 0.120 e. The van der Waals surface area contributed by atoms with Crippen LogP contribution in [0.1, 0.15) is 30.5 Å². The summed E-state index contributed by atoms with van der Waals surface area (Å²) < 4.78 is 5.87. The van der Waals surface area contributed by atoms with E-state index in [9.17, 15) is 0 Å². The van der Waals surface area contributed by atoms with Crippen LogP contribution in [0.4, 0.5) is 0 Å². The zero-order chi connectivity index (χ0) is 14.9. The number of hydrogen-bond acceptors (Lipinski definition) is 2. The second kappa shape index (κ2) is 8.14. The summed E-state index contributed by atoms with van der Waals surface area (Å²) in [5.41, 5.74) is 2.37. The molecule has 0 aliphatic carbocycles. The van der Waals surface area contributed by atoms with Crippen molar-refractivity contribution in [2.24, 2.45) is 0 Å². The average molecular weight is 279 g/mol. The average Bonchev–Trinajstić information content (AvgIpc) is 2.55. The molecule has 2 aromatic carbocycles. The van der Waals surface area contributed by atoms with Crippen LogP contribution in [0.5, 0.6) is 5.75 Å². The quantitative estimate of drug-likeness (QED) is 0.809. The molecule has 0 saturated carbocycles. The fourth-order valence-electron chi connectivity index (χ4n) is 2.15. The number of hydrogen-bond donors (Lipinski definition) is 1. The predicted octanol–water partition coefficient (Wildman–Crippen LogP) is 3.94. The molecule has 2 aromatic rings. The first-order chi connectivity index (χ1) is 10.3. The molecule has 2 rings (SSSR count). The summed E-state index contributed by atoms with van der Waals surface area (Å²) in [5, 5.41) is 3.30. The van der Waals surface area contributed by atoms with Crippen molar-refractivity contribution in [3.05, 3.63) is 65.7 Å². The Labute approximate surface area is 127 Å². The third kappa shape index (κ3) is 4.66. The molecule has 1 atom stereocenters. The van der Waals surface area contributed by atoms with Gasteiger partial charge in [0, 0.05) is 12.5 Å². The highest BCUT2D eigenvalue weighted by Gasteiger charge is 2.08. The SMILES string of the molecule is CC#CCC(NC)c1cccc(OCc2ccccc2)c1. The largest absolute Gasteiger partial charge is 0.489 e. The first kappa shape index (κ1) is 15.2. The van der Waals surface area contributed by atoms with E-state index in [-0.39, 0.29) is 6.04 Å². The molecule has 0 bridgehead atoms. The summed E-state index contributed by atoms with van der Waals surface area (Å²) in [6.45, 7) is 2.45. The van der Waals surface area contributed by atoms with Gasteiger partial charge in [0.05, 0.1) is 0 Å². The maximum atomic E-state index is 5.87. The van der Waals surface area contributed by atoms with Gasteiger partial charge in [0.1, 0.15) is 12.4 Å². The molecule has 0 spiro atoms. The van der Waals surface area contributed by atoms with Gasteiger partial charge in [-0.25, -0.2) is 0 Å². The monoisotopic (exact) mass is 279 g/mol. The van der Waals surface area contributed by atoms with E-state index in [4.69, 9.17) is 4.74 Å². The van der Waals surface area contributed by atoms with Crippen LogP contribution in [0.25, 0.3) is 0 Å². The van der Waals surface area contributed by atoms with Crippen molar-refractivity contribution in [1.29, 1.82) is 0 Å². The van der Waals surface area contributed by atoms with Gasteiger partial charge in [0.2, 0.25) is 0 Å². The lowest BCUT2D eigenvalue weighted by Gasteiger charge is -2.15. The topological polar surface area (TPSA) is 21.3 Å². The van der Waals surface area contributed by atoms with E-state index in [2.05, 4.69) is 41.4 Å². The maximum Gasteiger partial charge on any atom is 0.120 e. The van der Waals surface area contributed by atoms with Gasteiger partial charge < -0.3 is 10.1 Å². The Morgan fingerprint density at radius 1 is 1.10 bits per heavy atom. The normalized spacial score (nSPS) is 11.3. The molecule has 0 radical (unpaired) electrons. The molecular formula is C19H21NO. The summed E-state index contributed by atoms with van der Waals surface area (Å²) >= 11 is 0. The fraction of sp³-hybridized carbons (Fsp3) is 0.263. The van der Waals surface area contributed by atoms with Gasteiger partial charge >= 0.3 is 0 Å². The molecule has 1 N–H and O–H groups in total. The van der Waals surface area contributed by atoms with Gasteiger partial charge in [0.15, 0.2) is 0 Å². The van der Waals surface area contributed by atoms with Gasteiger partial charge in [-0.05, 0) is 37.2 Å². The fourth-order valence-corrected chi connectivity index (χ4v) is 2.15.